The Balaban J connectivity index is 2.34. The summed E-state index contributed by atoms with van der Waals surface area (Å²) >= 11 is 5.49. The molecule has 1 heterocycles. The lowest BCUT2D eigenvalue weighted by molar-refractivity contribution is 0.511. The fourth-order valence-electron chi connectivity index (χ4n) is 1.23. The first-order valence-corrected chi connectivity index (χ1v) is 5.07. The van der Waals surface area contributed by atoms with Crippen molar-refractivity contribution in [1.82, 2.24) is 10.2 Å². The van der Waals surface area contributed by atoms with Gasteiger partial charge in [-0.25, -0.2) is 8.78 Å². The van der Waals surface area contributed by atoms with E-state index in [0.717, 1.165) is 18.2 Å². The number of hydrogen-bond donors (Lipinski definition) is 0. The predicted molar refractivity (Wildman–Crippen MR) is 54.1 cm³/mol. The van der Waals surface area contributed by atoms with Crippen molar-refractivity contribution in [1.29, 1.82) is 0 Å². The van der Waals surface area contributed by atoms with E-state index in [1.165, 1.54) is 0 Å². The minimum atomic E-state index is -0.688. The molecule has 0 saturated carbocycles. The Morgan fingerprint density at radius 1 is 1.12 bits per heavy atom. The molecule has 0 amide bonds. The minimum Gasteiger partial charge on any atom is -0.421 e. The van der Waals surface area contributed by atoms with Gasteiger partial charge in [0.1, 0.15) is 11.6 Å². The molecule has 0 fully saturated rings. The van der Waals surface area contributed by atoms with Crippen LogP contribution in [0.3, 0.4) is 0 Å². The van der Waals surface area contributed by atoms with Crippen LogP contribution in [0.1, 0.15) is 5.89 Å². The van der Waals surface area contributed by atoms with Crippen molar-refractivity contribution in [3.05, 3.63) is 35.7 Å². The fraction of sp³-hybridized carbons (Fsp3) is 0.200. The topological polar surface area (TPSA) is 38.9 Å². The van der Waals surface area contributed by atoms with Crippen molar-refractivity contribution in [2.45, 2.75) is 6.42 Å². The number of nitrogens with zero attached hydrogens (tertiary/aromatic N) is 2. The van der Waals surface area contributed by atoms with Gasteiger partial charge in [0.25, 0.3) is 0 Å². The van der Waals surface area contributed by atoms with Gasteiger partial charge < -0.3 is 4.42 Å². The first kappa shape index (κ1) is 11.0. The third-order valence-electron chi connectivity index (χ3n) is 1.88. The van der Waals surface area contributed by atoms with Gasteiger partial charge in [-0.1, -0.05) is 0 Å². The van der Waals surface area contributed by atoms with Crippen molar-refractivity contribution < 1.29 is 13.2 Å². The Morgan fingerprint density at radius 2 is 1.81 bits per heavy atom. The van der Waals surface area contributed by atoms with Crippen LogP contribution in [0, 0.1) is 11.6 Å². The second kappa shape index (κ2) is 4.57. The van der Waals surface area contributed by atoms with Crippen LogP contribution in [-0.4, -0.2) is 16.1 Å². The second-order valence-corrected chi connectivity index (χ2v) is 3.48. The van der Waals surface area contributed by atoms with E-state index in [9.17, 15) is 8.78 Å². The SMILES string of the molecule is Fc1cc(F)cc(-c2nnc(CCCl)o2)c1. The number of aromatic nitrogens is 2. The number of halogens is 3. The molecule has 0 aliphatic heterocycles. The summed E-state index contributed by atoms with van der Waals surface area (Å²) in [7, 11) is 0. The van der Waals surface area contributed by atoms with Crippen molar-refractivity contribution in [3.63, 3.8) is 0 Å². The molecule has 3 nitrogen and oxygen atoms in total. The lowest BCUT2D eigenvalue weighted by Gasteiger charge is -1.95. The first-order valence-electron chi connectivity index (χ1n) is 4.54. The Kier molecular flexibility index (Phi) is 3.14. The van der Waals surface area contributed by atoms with Crippen molar-refractivity contribution in [2.24, 2.45) is 0 Å². The molecule has 0 bridgehead atoms. The van der Waals surface area contributed by atoms with Gasteiger partial charge in [-0.3, -0.25) is 0 Å². The lowest BCUT2D eigenvalue weighted by atomic mass is 10.2. The average molecular weight is 245 g/mol. The highest BCUT2D eigenvalue weighted by Gasteiger charge is 2.10. The lowest BCUT2D eigenvalue weighted by Crippen LogP contribution is -1.84. The molecule has 0 N–H and O–H groups in total. The Labute approximate surface area is 95.1 Å². The Hall–Kier alpha value is -1.49. The molecule has 0 aliphatic carbocycles. The van der Waals surface area contributed by atoms with Crippen LogP contribution in [0.2, 0.25) is 0 Å². The van der Waals surface area contributed by atoms with E-state index >= 15 is 0 Å². The number of benzene rings is 1. The molecular weight excluding hydrogens is 238 g/mol. The van der Waals surface area contributed by atoms with Crippen molar-refractivity contribution in [3.8, 4) is 11.5 Å². The van der Waals surface area contributed by atoms with Gasteiger partial charge in [-0.05, 0) is 12.1 Å². The van der Waals surface area contributed by atoms with Gasteiger partial charge in [0.2, 0.25) is 11.8 Å². The van der Waals surface area contributed by atoms with Gasteiger partial charge in [0.05, 0.1) is 0 Å². The van der Waals surface area contributed by atoms with Gasteiger partial charge in [0.15, 0.2) is 0 Å². The van der Waals surface area contributed by atoms with E-state index in [2.05, 4.69) is 10.2 Å². The average Bonchev–Trinajstić information content (AvgIpc) is 2.65. The summed E-state index contributed by atoms with van der Waals surface area (Å²) in [6.07, 6.45) is 0.423. The normalized spacial score (nSPS) is 10.7. The number of hydrogen-bond acceptors (Lipinski definition) is 3. The summed E-state index contributed by atoms with van der Waals surface area (Å²) in [5.74, 6) is -0.605. The molecular formula is C10H7ClF2N2O. The summed E-state index contributed by atoms with van der Waals surface area (Å²) < 4.78 is 31.0. The zero-order chi connectivity index (χ0) is 11.5. The minimum absolute atomic E-state index is 0.0820. The Bertz CT molecular complexity index is 481. The fourth-order valence-corrected chi connectivity index (χ4v) is 1.39. The largest absolute Gasteiger partial charge is 0.421 e. The van der Waals surface area contributed by atoms with Gasteiger partial charge in [-0.2, -0.15) is 0 Å². The monoisotopic (exact) mass is 244 g/mol. The number of aryl methyl sites for hydroxylation is 1. The molecule has 0 spiro atoms. The van der Waals surface area contributed by atoms with Crippen LogP contribution in [0.15, 0.2) is 22.6 Å². The molecule has 84 valence electrons. The predicted octanol–water partition coefficient (Wildman–Crippen LogP) is 2.80. The van der Waals surface area contributed by atoms with E-state index in [-0.39, 0.29) is 11.5 Å². The Morgan fingerprint density at radius 3 is 2.44 bits per heavy atom. The second-order valence-electron chi connectivity index (χ2n) is 3.10. The van der Waals surface area contributed by atoms with Gasteiger partial charge in [-0.15, -0.1) is 21.8 Å². The molecule has 0 aliphatic rings. The molecule has 6 heteroatoms. The quantitative estimate of drug-likeness (QED) is 0.780. The highest BCUT2D eigenvalue weighted by molar-refractivity contribution is 6.17. The molecule has 2 aromatic rings. The highest BCUT2D eigenvalue weighted by atomic mass is 35.5. The summed E-state index contributed by atoms with van der Waals surface area (Å²) in [6, 6.07) is 3.03. The van der Waals surface area contributed by atoms with Crippen LogP contribution < -0.4 is 0 Å². The van der Waals surface area contributed by atoms with E-state index in [1.54, 1.807) is 0 Å². The van der Waals surface area contributed by atoms with Crippen LogP contribution in [0.4, 0.5) is 8.78 Å². The van der Waals surface area contributed by atoms with Crippen LogP contribution in [0.5, 0.6) is 0 Å². The van der Waals surface area contributed by atoms with E-state index < -0.39 is 11.6 Å². The summed E-state index contributed by atoms with van der Waals surface area (Å²) in [4.78, 5) is 0. The maximum atomic E-state index is 12.9. The van der Waals surface area contributed by atoms with E-state index in [4.69, 9.17) is 16.0 Å². The molecule has 16 heavy (non-hydrogen) atoms. The molecule has 0 radical (unpaired) electrons. The van der Waals surface area contributed by atoms with Gasteiger partial charge in [0, 0.05) is 23.9 Å². The van der Waals surface area contributed by atoms with E-state index in [1.807, 2.05) is 0 Å². The van der Waals surface area contributed by atoms with Crippen LogP contribution >= 0.6 is 11.6 Å². The van der Waals surface area contributed by atoms with Crippen LogP contribution in [-0.2, 0) is 6.42 Å². The molecule has 0 atom stereocenters. The third kappa shape index (κ3) is 2.36. The summed E-state index contributed by atoms with van der Waals surface area (Å²) in [5.41, 5.74) is 0.214. The summed E-state index contributed by atoms with van der Waals surface area (Å²) in [5, 5.41) is 7.37. The molecule has 1 aromatic heterocycles. The summed E-state index contributed by atoms with van der Waals surface area (Å²) in [6.45, 7) is 0. The zero-order valence-electron chi connectivity index (χ0n) is 8.08. The van der Waals surface area contributed by atoms with Crippen molar-refractivity contribution in [2.75, 3.05) is 5.88 Å². The standard InChI is InChI=1S/C10H7ClF2N2O/c11-2-1-9-14-15-10(16-9)6-3-7(12)5-8(13)4-6/h3-5H,1-2H2. The number of alkyl halides is 1. The van der Waals surface area contributed by atoms with E-state index in [0.29, 0.717) is 18.2 Å². The van der Waals surface area contributed by atoms with Gasteiger partial charge >= 0.3 is 0 Å². The molecule has 2 rings (SSSR count). The highest BCUT2D eigenvalue weighted by Crippen LogP contribution is 2.20. The number of rotatable bonds is 3. The smallest absolute Gasteiger partial charge is 0.247 e. The van der Waals surface area contributed by atoms with Crippen LogP contribution in [0.25, 0.3) is 11.5 Å². The zero-order valence-corrected chi connectivity index (χ0v) is 8.84. The maximum absolute atomic E-state index is 12.9. The van der Waals surface area contributed by atoms with Crippen molar-refractivity contribution >= 4 is 11.6 Å². The molecule has 0 unspecified atom stereocenters. The third-order valence-corrected chi connectivity index (χ3v) is 2.07. The molecule has 1 aromatic carbocycles. The maximum Gasteiger partial charge on any atom is 0.247 e. The first-order chi connectivity index (χ1) is 7.69. The molecule has 0 saturated heterocycles.